The van der Waals surface area contributed by atoms with E-state index >= 15 is 0 Å². The van der Waals surface area contributed by atoms with Gasteiger partial charge in [-0.05, 0) is 50.2 Å². The molecule has 29 heavy (non-hydrogen) atoms. The molecule has 1 unspecified atom stereocenters. The fourth-order valence-electron chi connectivity index (χ4n) is 4.65. The predicted octanol–water partition coefficient (Wildman–Crippen LogP) is 2.42. The number of hydrogen-bond acceptors (Lipinski definition) is 4. The van der Waals surface area contributed by atoms with Crippen molar-refractivity contribution in [3.63, 3.8) is 0 Å². The van der Waals surface area contributed by atoms with Crippen molar-refractivity contribution in [1.82, 2.24) is 20.5 Å². The predicted molar refractivity (Wildman–Crippen MR) is 110 cm³/mol. The van der Waals surface area contributed by atoms with Crippen molar-refractivity contribution >= 4 is 39.5 Å². The van der Waals surface area contributed by atoms with Gasteiger partial charge >= 0.3 is 0 Å². The van der Waals surface area contributed by atoms with Crippen molar-refractivity contribution in [1.29, 1.82) is 0 Å². The molecule has 1 atom stereocenters. The maximum atomic E-state index is 12.7. The second-order valence-corrected chi connectivity index (χ2v) is 7.71. The average Bonchev–Trinajstić information content (AvgIpc) is 3.40. The molecule has 2 aliphatic rings. The van der Waals surface area contributed by atoms with Crippen LogP contribution in [0, 0.1) is 0 Å². The Morgan fingerprint density at radius 3 is 2.86 bits per heavy atom. The Morgan fingerprint density at radius 2 is 2.03 bits per heavy atom. The molecule has 7 nitrogen and oxygen atoms in total. The molecule has 1 fully saturated rings. The molecule has 3 heterocycles. The van der Waals surface area contributed by atoms with E-state index in [1.165, 1.54) is 6.42 Å². The SMILES string of the molecule is CCN1CCCC1CNC(=O)c1ccc2c(c1)[nH]c1ccc3c(c12)C(=O)NC3=O. The average molecular weight is 390 g/mol. The molecule has 3 N–H and O–H groups in total. The number of carbonyl (C=O) groups excluding carboxylic acids is 3. The summed E-state index contributed by atoms with van der Waals surface area (Å²) in [6, 6.07) is 9.27. The first kappa shape index (κ1) is 17.9. The monoisotopic (exact) mass is 390 g/mol. The van der Waals surface area contributed by atoms with Crippen LogP contribution in [-0.2, 0) is 0 Å². The number of likely N-dealkylation sites (tertiary alicyclic amines) is 1. The molecule has 0 saturated carbocycles. The highest BCUT2D eigenvalue weighted by Crippen LogP contribution is 2.33. The summed E-state index contributed by atoms with van der Waals surface area (Å²) in [5.74, 6) is -0.854. The highest BCUT2D eigenvalue weighted by molar-refractivity contribution is 6.30. The quantitative estimate of drug-likeness (QED) is 0.597. The van der Waals surface area contributed by atoms with Gasteiger partial charge in [-0.1, -0.05) is 13.0 Å². The normalized spacial score (nSPS) is 19.1. The van der Waals surface area contributed by atoms with E-state index in [1.807, 2.05) is 6.07 Å². The van der Waals surface area contributed by atoms with Crippen molar-refractivity contribution in [3.8, 4) is 0 Å². The summed E-state index contributed by atoms with van der Waals surface area (Å²) in [4.78, 5) is 42.6. The van der Waals surface area contributed by atoms with Gasteiger partial charge in [0.2, 0.25) is 0 Å². The maximum Gasteiger partial charge on any atom is 0.259 e. The van der Waals surface area contributed by atoms with Crippen LogP contribution in [-0.4, -0.2) is 53.3 Å². The number of imide groups is 1. The van der Waals surface area contributed by atoms with Gasteiger partial charge in [0.1, 0.15) is 0 Å². The Balaban J connectivity index is 1.46. The van der Waals surface area contributed by atoms with Crippen LogP contribution in [0.2, 0.25) is 0 Å². The molecule has 7 heteroatoms. The van der Waals surface area contributed by atoms with E-state index in [4.69, 9.17) is 0 Å². The van der Waals surface area contributed by atoms with Gasteiger partial charge in [0.25, 0.3) is 17.7 Å². The van der Waals surface area contributed by atoms with Crippen LogP contribution in [0.5, 0.6) is 0 Å². The molecule has 0 aliphatic carbocycles. The van der Waals surface area contributed by atoms with Gasteiger partial charge in [-0.3, -0.25) is 24.6 Å². The molecule has 1 saturated heterocycles. The Bertz CT molecular complexity index is 1180. The highest BCUT2D eigenvalue weighted by atomic mass is 16.2. The molecule has 148 valence electrons. The van der Waals surface area contributed by atoms with Crippen LogP contribution in [0.15, 0.2) is 30.3 Å². The van der Waals surface area contributed by atoms with Gasteiger partial charge in [0, 0.05) is 40.0 Å². The second-order valence-electron chi connectivity index (χ2n) is 7.71. The lowest BCUT2D eigenvalue weighted by molar-refractivity contribution is 0.0878. The third kappa shape index (κ3) is 2.81. The van der Waals surface area contributed by atoms with Gasteiger partial charge in [-0.2, -0.15) is 0 Å². The summed E-state index contributed by atoms with van der Waals surface area (Å²) in [5, 5.41) is 6.95. The number of nitrogens with zero attached hydrogens (tertiary/aromatic N) is 1. The van der Waals surface area contributed by atoms with Gasteiger partial charge in [0.15, 0.2) is 0 Å². The third-order valence-electron chi connectivity index (χ3n) is 6.13. The molecular formula is C22H22N4O3. The second kappa shape index (κ2) is 6.70. The van der Waals surface area contributed by atoms with Crippen molar-refractivity contribution in [3.05, 3.63) is 47.0 Å². The highest BCUT2D eigenvalue weighted by Gasteiger charge is 2.30. The van der Waals surface area contributed by atoms with Crippen LogP contribution in [0.1, 0.15) is 50.8 Å². The lowest BCUT2D eigenvalue weighted by Gasteiger charge is -2.22. The molecule has 0 spiro atoms. The lowest BCUT2D eigenvalue weighted by atomic mass is 10.0. The minimum absolute atomic E-state index is 0.105. The number of likely N-dealkylation sites (N-methyl/N-ethyl adjacent to an activating group) is 1. The zero-order chi connectivity index (χ0) is 20.1. The number of carbonyl (C=O) groups is 3. The number of nitrogens with one attached hydrogen (secondary N) is 3. The first-order chi connectivity index (χ1) is 14.1. The Labute approximate surface area is 167 Å². The fourth-order valence-corrected chi connectivity index (χ4v) is 4.65. The summed E-state index contributed by atoms with van der Waals surface area (Å²) < 4.78 is 0. The minimum Gasteiger partial charge on any atom is -0.354 e. The zero-order valence-electron chi connectivity index (χ0n) is 16.2. The van der Waals surface area contributed by atoms with Crippen LogP contribution in [0.4, 0.5) is 0 Å². The van der Waals surface area contributed by atoms with E-state index in [-0.39, 0.29) is 17.7 Å². The molecule has 3 amide bonds. The van der Waals surface area contributed by atoms with Gasteiger partial charge < -0.3 is 10.3 Å². The number of fused-ring (bicyclic) bond motifs is 5. The largest absolute Gasteiger partial charge is 0.354 e. The van der Waals surface area contributed by atoms with Crippen molar-refractivity contribution in [2.24, 2.45) is 0 Å². The van der Waals surface area contributed by atoms with Crippen LogP contribution < -0.4 is 10.6 Å². The molecular weight excluding hydrogens is 368 g/mol. The summed E-state index contributed by atoms with van der Waals surface area (Å²) in [6.45, 7) is 4.89. The van der Waals surface area contributed by atoms with Gasteiger partial charge in [-0.15, -0.1) is 0 Å². The molecule has 1 aromatic heterocycles. The number of rotatable bonds is 4. The van der Waals surface area contributed by atoms with Crippen molar-refractivity contribution < 1.29 is 14.4 Å². The fraction of sp³-hybridized carbons (Fsp3) is 0.318. The number of amides is 3. The molecule has 0 radical (unpaired) electrons. The van der Waals surface area contributed by atoms with E-state index < -0.39 is 0 Å². The number of H-pyrrole nitrogens is 1. The smallest absolute Gasteiger partial charge is 0.259 e. The molecule has 0 bridgehead atoms. The Kier molecular flexibility index (Phi) is 4.13. The molecule has 2 aliphatic heterocycles. The number of hydrogen-bond donors (Lipinski definition) is 3. The first-order valence-corrected chi connectivity index (χ1v) is 10.0. The number of aromatic nitrogens is 1. The molecule has 5 rings (SSSR count). The minimum atomic E-state index is -0.379. The van der Waals surface area contributed by atoms with E-state index in [0.717, 1.165) is 41.3 Å². The number of aromatic amines is 1. The van der Waals surface area contributed by atoms with E-state index in [0.29, 0.717) is 29.3 Å². The van der Waals surface area contributed by atoms with E-state index in [9.17, 15) is 14.4 Å². The Hall–Kier alpha value is -3.19. The van der Waals surface area contributed by atoms with Crippen molar-refractivity contribution in [2.45, 2.75) is 25.8 Å². The van der Waals surface area contributed by atoms with E-state index in [2.05, 4.69) is 27.4 Å². The lowest BCUT2D eigenvalue weighted by Crippen LogP contribution is -2.40. The standard InChI is InChI=1S/C22H22N4O3/c1-2-26-9-3-4-13(26)11-23-20(27)12-5-6-14-17(10-12)24-16-8-7-15-19(18(14)16)22(29)25-21(15)28/h5-8,10,13,24H,2-4,9,11H2,1H3,(H,23,27)(H,25,28,29). The zero-order valence-corrected chi connectivity index (χ0v) is 16.2. The van der Waals surface area contributed by atoms with E-state index in [1.54, 1.807) is 24.3 Å². The summed E-state index contributed by atoms with van der Waals surface area (Å²) >= 11 is 0. The summed E-state index contributed by atoms with van der Waals surface area (Å²) in [5.41, 5.74) is 2.90. The summed E-state index contributed by atoms with van der Waals surface area (Å²) in [6.07, 6.45) is 2.29. The Morgan fingerprint density at radius 1 is 1.17 bits per heavy atom. The van der Waals surface area contributed by atoms with Crippen LogP contribution >= 0.6 is 0 Å². The van der Waals surface area contributed by atoms with Gasteiger partial charge in [0.05, 0.1) is 11.1 Å². The maximum absolute atomic E-state index is 12.7. The van der Waals surface area contributed by atoms with Crippen LogP contribution in [0.25, 0.3) is 21.8 Å². The summed E-state index contributed by atoms with van der Waals surface area (Å²) in [7, 11) is 0. The molecule has 2 aromatic carbocycles. The van der Waals surface area contributed by atoms with Crippen molar-refractivity contribution in [2.75, 3.05) is 19.6 Å². The molecule has 3 aromatic rings. The van der Waals surface area contributed by atoms with Crippen LogP contribution in [0.3, 0.4) is 0 Å². The third-order valence-corrected chi connectivity index (χ3v) is 6.13. The van der Waals surface area contributed by atoms with Gasteiger partial charge in [-0.25, -0.2) is 0 Å². The number of benzene rings is 2. The first-order valence-electron chi connectivity index (χ1n) is 10.0. The topological polar surface area (TPSA) is 94.3 Å².